The van der Waals surface area contributed by atoms with Crippen molar-refractivity contribution in [1.29, 1.82) is 0 Å². The van der Waals surface area contributed by atoms with E-state index in [0.717, 1.165) is 16.2 Å². The molecule has 0 bridgehead atoms. The van der Waals surface area contributed by atoms with Crippen LogP contribution in [0.2, 0.25) is 0 Å². The van der Waals surface area contributed by atoms with Crippen LogP contribution in [0.4, 0.5) is 0 Å². The normalized spacial score (nSPS) is 12.3. The first kappa shape index (κ1) is 14.1. The van der Waals surface area contributed by atoms with Crippen molar-refractivity contribution in [2.75, 3.05) is 0 Å². The molecule has 0 saturated heterocycles. The van der Waals surface area contributed by atoms with Crippen LogP contribution in [0.25, 0.3) is 0 Å². The number of aryl methyl sites for hydroxylation is 2. The van der Waals surface area contributed by atoms with Crippen LogP contribution >= 0.6 is 22.7 Å². The number of thiophene rings is 2. The van der Waals surface area contributed by atoms with Gasteiger partial charge in [-0.25, -0.2) is 0 Å². The number of nitrogens with one attached hydrogen (secondary N) is 1. The summed E-state index contributed by atoms with van der Waals surface area (Å²) in [5.74, 6) is 1.30. The van der Waals surface area contributed by atoms with E-state index in [1.165, 1.54) is 0 Å². The molecule has 0 aliphatic heterocycles. The van der Waals surface area contributed by atoms with Gasteiger partial charge in [0.25, 0.3) is 5.91 Å². The molecular weight excluding hydrogens is 302 g/mol. The fourth-order valence-electron chi connectivity index (χ4n) is 2.28. The first-order chi connectivity index (χ1) is 10.1. The molecule has 3 rings (SSSR count). The van der Waals surface area contributed by atoms with Gasteiger partial charge in [0.1, 0.15) is 11.5 Å². The van der Waals surface area contributed by atoms with Gasteiger partial charge in [0.2, 0.25) is 0 Å². The second kappa shape index (κ2) is 5.87. The lowest BCUT2D eigenvalue weighted by molar-refractivity contribution is 0.0942. The van der Waals surface area contributed by atoms with Crippen molar-refractivity contribution < 1.29 is 9.21 Å². The summed E-state index contributed by atoms with van der Waals surface area (Å²) in [7, 11) is 0. The third-order valence-corrected chi connectivity index (χ3v) is 4.90. The van der Waals surface area contributed by atoms with Crippen LogP contribution in [0.3, 0.4) is 0 Å². The van der Waals surface area contributed by atoms with Gasteiger partial charge in [-0.15, -0.1) is 11.3 Å². The zero-order valence-corrected chi connectivity index (χ0v) is 13.4. The van der Waals surface area contributed by atoms with Gasteiger partial charge in [-0.2, -0.15) is 11.3 Å². The lowest BCUT2D eigenvalue weighted by atomic mass is 10.1. The molecule has 0 aliphatic rings. The minimum absolute atomic E-state index is 0.103. The largest absolute Gasteiger partial charge is 0.466 e. The smallest absolute Gasteiger partial charge is 0.255 e. The molecule has 0 spiro atoms. The Kier molecular flexibility index (Phi) is 3.94. The van der Waals surface area contributed by atoms with E-state index in [4.69, 9.17) is 4.42 Å². The lowest BCUT2D eigenvalue weighted by Crippen LogP contribution is -2.28. The Hall–Kier alpha value is -1.85. The summed E-state index contributed by atoms with van der Waals surface area (Å²) in [5.41, 5.74) is 1.71. The molecular formula is C16H15NO2S2. The first-order valence-electron chi connectivity index (χ1n) is 6.58. The minimum Gasteiger partial charge on any atom is -0.466 e. The number of furan rings is 1. The van der Waals surface area contributed by atoms with E-state index >= 15 is 0 Å². The van der Waals surface area contributed by atoms with Crippen molar-refractivity contribution in [2.24, 2.45) is 0 Å². The van der Waals surface area contributed by atoms with Crippen molar-refractivity contribution in [3.63, 3.8) is 0 Å². The zero-order valence-electron chi connectivity index (χ0n) is 11.8. The topological polar surface area (TPSA) is 42.2 Å². The number of hydrogen-bond donors (Lipinski definition) is 1. The SMILES string of the molecule is Cc1cc(C(=O)N[C@@H](c2ccsc2)c2cccs2)c(C)o1. The summed E-state index contributed by atoms with van der Waals surface area (Å²) in [4.78, 5) is 13.6. The molecule has 3 aromatic heterocycles. The highest BCUT2D eigenvalue weighted by molar-refractivity contribution is 7.10. The highest BCUT2D eigenvalue weighted by Gasteiger charge is 2.21. The molecule has 0 aromatic carbocycles. The minimum atomic E-state index is -0.113. The van der Waals surface area contributed by atoms with E-state index in [-0.39, 0.29) is 11.9 Å². The van der Waals surface area contributed by atoms with Gasteiger partial charge in [-0.05, 0) is 53.8 Å². The Bertz CT molecular complexity index is 692. The highest BCUT2D eigenvalue weighted by atomic mass is 32.1. The van der Waals surface area contributed by atoms with E-state index in [1.54, 1.807) is 28.7 Å². The zero-order chi connectivity index (χ0) is 14.8. The van der Waals surface area contributed by atoms with E-state index in [9.17, 15) is 4.79 Å². The van der Waals surface area contributed by atoms with Gasteiger partial charge in [0.15, 0.2) is 0 Å². The van der Waals surface area contributed by atoms with Gasteiger partial charge < -0.3 is 9.73 Å². The van der Waals surface area contributed by atoms with Gasteiger partial charge in [0.05, 0.1) is 11.6 Å². The van der Waals surface area contributed by atoms with Crippen LogP contribution in [-0.2, 0) is 0 Å². The highest BCUT2D eigenvalue weighted by Crippen LogP contribution is 2.28. The second-order valence-electron chi connectivity index (χ2n) is 4.81. The van der Waals surface area contributed by atoms with Crippen molar-refractivity contribution in [3.8, 4) is 0 Å². The Labute approximate surface area is 131 Å². The van der Waals surface area contributed by atoms with Crippen molar-refractivity contribution in [2.45, 2.75) is 19.9 Å². The maximum atomic E-state index is 12.5. The molecule has 1 atom stereocenters. The van der Waals surface area contributed by atoms with Crippen LogP contribution in [0.5, 0.6) is 0 Å². The van der Waals surface area contributed by atoms with E-state index in [0.29, 0.717) is 11.3 Å². The summed E-state index contributed by atoms with van der Waals surface area (Å²) < 4.78 is 5.44. The fraction of sp³-hybridized carbons (Fsp3) is 0.188. The molecule has 21 heavy (non-hydrogen) atoms. The van der Waals surface area contributed by atoms with Crippen LogP contribution in [-0.4, -0.2) is 5.91 Å². The molecule has 3 nitrogen and oxygen atoms in total. The van der Waals surface area contributed by atoms with E-state index in [1.807, 2.05) is 42.8 Å². The Morgan fingerprint density at radius 3 is 2.71 bits per heavy atom. The summed E-state index contributed by atoms with van der Waals surface area (Å²) in [6.45, 7) is 3.66. The molecule has 3 aromatic rings. The van der Waals surface area contributed by atoms with Gasteiger partial charge >= 0.3 is 0 Å². The van der Waals surface area contributed by atoms with Crippen LogP contribution in [0, 0.1) is 13.8 Å². The van der Waals surface area contributed by atoms with Crippen LogP contribution < -0.4 is 5.32 Å². The van der Waals surface area contributed by atoms with Crippen molar-refractivity contribution in [3.05, 3.63) is 67.9 Å². The number of carbonyl (C=O) groups is 1. The molecule has 0 radical (unpaired) electrons. The fourth-order valence-corrected chi connectivity index (χ4v) is 3.77. The molecule has 0 saturated carbocycles. The van der Waals surface area contributed by atoms with Crippen LogP contribution in [0.15, 0.2) is 44.8 Å². The molecule has 0 fully saturated rings. The predicted octanol–water partition coefficient (Wildman–Crippen LogP) is 4.54. The standard InChI is InChI=1S/C16H15NO2S2/c1-10-8-13(11(2)19-10)16(18)17-15(12-5-7-20-9-12)14-4-3-6-21-14/h3-9,15H,1-2H3,(H,17,18)/t15-/m0/s1. The molecule has 3 heterocycles. The molecule has 1 amide bonds. The molecule has 1 N–H and O–H groups in total. The molecule has 0 aliphatic carbocycles. The number of hydrogen-bond acceptors (Lipinski definition) is 4. The summed E-state index contributed by atoms with van der Waals surface area (Å²) in [6.07, 6.45) is 0. The second-order valence-corrected chi connectivity index (χ2v) is 6.56. The number of carbonyl (C=O) groups excluding carboxylic acids is 1. The molecule has 108 valence electrons. The lowest BCUT2D eigenvalue weighted by Gasteiger charge is -2.16. The van der Waals surface area contributed by atoms with Gasteiger partial charge in [-0.1, -0.05) is 6.07 Å². The quantitative estimate of drug-likeness (QED) is 0.767. The Morgan fingerprint density at radius 2 is 2.14 bits per heavy atom. The summed E-state index contributed by atoms with van der Waals surface area (Å²) in [6, 6.07) is 7.75. The number of amides is 1. The van der Waals surface area contributed by atoms with Crippen molar-refractivity contribution in [1.82, 2.24) is 5.32 Å². The average molecular weight is 317 g/mol. The molecule has 5 heteroatoms. The Balaban J connectivity index is 1.89. The van der Waals surface area contributed by atoms with Crippen LogP contribution in [0.1, 0.15) is 38.4 Å². The summed E-state index contributed by atoms with van der Waals surface area (Å²) >= 11 is 3.27. The molecule has 0 unspecified atom stereocenters. The van der Waals surface area contributed by atoms with E-state index < -0.39 is 0 Å². The van der Waals surface area contributed by atoms with E-state index in [2.05, 4.69) is 10.7 Å². The third-order valence-electron chi connectivity index (χ3n) is 3.27. The van der Waals surface area contributed by atoms with Gasteiger partial charge in [0, 0.05) is 4.88 Å². The monoisotopic (exact) mass is 317 g/mol. The average Bonchev–Trinajstić information content (AvgIpc) is 3.17. The first-order valence-corrected chi connectivity index (χ1v) is 8.41. The number of rotatable bonds is 4. The maximum absolute atomic E-state index is 12.5. The maximum Gasteiger partial charge on any atom is 0.255 e. The predicted molar refractivity (Wildman–Crippen MR) is 86.1 cm³/mol. The van der Waals surface area contributed by atoms with Crippen molar-refractivity contribution >= 4 is 28.6 Å². The Morgan fingerprint density at radius 1 is 1.29 bits per heavy atom. The summed E-state index contributed by atoms with van der Waals surface area (Å²) in [5, 5.41) is 9.22. The third kappa shape index (κ3) is 2.94. The van der Waals surface area contributed by atoms with Gasteiger partial charge in [-0.3, -0.25) is 4.79 Å².